The maximum Gasteiger partial charge on any atom is 0.342 e. The minimum atomic E-state index is -2.31. The molecule has 0 spiro atoms. The minimum absolute atomic E-state index is 0.187. The molecule has 0 saturated carbocycles. The SMILES string of the molecule is COC(=O)C(NCC(=O)O)(C(=O)O)c1cccc2c1Cc1ccccc1-2. The quantitative estimate of drug-likeness (QED) is 0.452. The fourth-order valence-corrected chi connectivity index (χ4v) is 3.43. The van der Waals surface area contributed by atoms with E-state index >= 15 is 0 Å². The van der Waals surface area contributed by atoms with Gasteiger partial charge >= 0.3 is 17.9 Å². The van der Waals surface area contributed by atoms with Crippen molar-refractivity contribution in [2.24, 2.45) is 0 Å². The summed E-state index contributed by atoms with van der Waals surface area (Å²) in [6.45, 7) is -0.710. The average Bonchev–Trinajstić information content (AvgIpc) is 3.00. The van der Waals surface area contributed by atoms with Gasteiger partial charge in [0.2, 0.25) is 5.54 Å². The van der Waals surface area contributed by atoms with Crippen LogP contribution in [0.25, 0.3) is 11.1 Å². The number of hydrogen-bond donors (Lipinski definition) is 3. The van der Waals surface area contributed by atoms with Crippen LogP contribution in [0, 0.1) is 0 Å². The van der Waals surface area contributed by atoms with Crippen molar-refractivity contribution in [1.82, 2.24) is 5.32 Å². The van der Waals surface area contributed by atoms with Gasteiger partial charge in [0.05, 0.1) is 13.7 Å². The van der Waals surface area contributed by atoms with E-state index in [1.54, 1.807) is 6.07 Å². The van der Waals surface area contributed by atoms with Gasteiger partial charge in [-0.25, -0.2) is 9.59 Å². The first kappa shape index (κ1) is 17.6. The predicted molar refractivity (Wildman–Crippen MR) is 91.7 cm³/mol. The molecule has 134 valence electrons. The van der Waals surface area contributed by atoms with Crippen LogP contribution in [0.15, 0.2) is 42.5 Å². The summed E-state index contributed by atoms with van der Waals surface area (Å²) in [5, 5.41) is 21.3. The van der Waals surface area contributed by atoms with Crippen molar-refractivity contribution in [3.05, 3.63) is 59.2 Å². The van der Waals surface area contributed by atoms with Crippen LogP contribution in [-0.2, 0) is 31.1 Å². The number of aliphatic carboxylic acids is 2. The molecule has 2 aromatic rings. The first-order chi connectivity index (χ1) is 12.4. The van der Waals surface area contributed by atoms with Crippen molar-refractivity contribution in [1.29, 1.82) is 0 Å². The van der Waals surface area contributed by atoms with E-state index in [0.29, 0.717) is 12.0 Å². The fraction of sp³-hybridized carbons (Fsp3) is 0.211. The zero-order valence-corrected chi connectivity index (χ0v) is 14.0. The monoisotopic (exact) mass is 355 g/mol. The maximum absolute atomic E-state index is 12.5. The highest BCUT2D eigenvalue weighted by molar-refractivity contribution is 6.06. The Morgan fingerprint density at radius 2 is 1.77 bits per heavy atom. The number of methoxy groups -OCH3 is 1. The Hall–Kier alpha value is -3.19. The minimum Gasteiger partial charge on any atom is -0.480 e. The summed E-state index contributed by atoms with van der Waals surface area (Å²) < 4.78 is 4.73. The van der Waals surface area contributed by atoms with Gasteiger partial charge in [0.15, 0.2) is 0 Å². The van der Waals surface area contributed by atoms with Crippen molar-refractivity contribution >= 4 is 17.9 Å². The normalized spacial score (nSPS) is 14.0. The highest BCUT2D eigenvalue weighted by atomic mass is 16.5. The first-order valence-corrected chi connectivity index (χ1v) is 7.91. The van der Waals surface area contributed by atoms with Crippen molar-refractivity contribution in [3.8, 4) is 11.1 Å². The Balaban J connectivity index is 2.22. The molecule has 0 saturated heterocycles. The van der Waals surface area contributed by atoms with Crippen LogP contribution < -0.4 is 5.32 Å². The second-order valence-electron chi connectivity index (χ2n) is 5.96. The van der Waals surface area contributed by atoms with Crippen LogP contribution in [0.2, 0.25) is 0 Å². The van der Waals surface area contributed by atoms with E-state index in [2.05, 4.69) is 5.32 Å². The maximum atomic E-state index is 12.5. The molecule has 0 bridgehead atoms. The zero-order valence-electron chi connectivity index (χ0n) is 14.0. The van der Waals surface area contributed by atoms with Gasteiger partial charge in [0.1, 0.15) is 0 Å². The number of nitrogens with one attached hydrogen (secondary N) is 1. The van der Waals surface area contributed by atoms with Gasteiger partial charge < -0.3 is 14.9 Å². The summed E-state index contributed by atoms with van der Waals surface area (Å²) in [5.74, 6) is -3.87. The molecular formula is C19H17NO6. The standard InChI is InChI=1S/C19H17NO6/c1-26-18(25)19(17(23)24,20-10-16(21)22)15-8-4-7-13-12-6-3-2-5-11(12)9-14(13)15/h2-8,20H,9-10H2,1H3,(H,21,22)(H,23,24). The molecule has 7 heteroatoms. The number of benzene rings is 2. The molecule has 1 atom stereocenters. The van der Waals surface area contributed by atoms with E-state index in [1.807, 2.05) is 30.3 Å². The van der Waals surface area contributed by atoms with Crippen LogP contribution in [0.5, 0.6) is 0 Å². The molecule has 0 amide bonds. The molecule has 7 nitrogen and oxygen atoms in total. The number of carboxylic acid groups (broad SMARTS) is 2. The Morgan fingerprint density at radius 3 is 2.42 bits per heavy atom. The number of rotatable bonds is 6. The van der Waals surface area contributed by atoms with Gasteiger partial charge in [-0.15, -0.1) is 0 Å². The Kier molecular flexibility index (Phi) is 4.48. The second-order valence-corrected chi connectivity index (χ2v) is 5.96. The van der Waals surface area contributed by atoms with E-state index < -0.39 is 30.0 Å². The molecule has 3 rings (SSSR count). The van der Waals surface area contributed by atoms with Gasteiger partial charge in [-0.05, 0) is 34.2 Å². The lowest BCUT2D eigenvalue weighted by Crippen LogP contribution is -2.57. The summed E-state index contributed by atoms with van der Waals surface area (Å²) in [7, 11) is 1.07. The van der Waals surface area contributed by atoms with Gasteiger partial charge in [-0.1, -0.05) is 42.5 Å². The van der Waals surface area contributed by atoms with Crippen LogP contribution in [0.3, 0.4) is 0 Å². The number of esters is 1. The van der Waals surface area contributed by atoms with Gasteiger partial charge in [-0.3, -0.25) is 10.1 Å². The molecule has 26 heavy (non-hydrogen) atoms. The van der Waals surface area contributed by atoms with Crippen LogP contribution >= 0.6 is 0 Å². The Morgan fingerprint density at radius 1 is 1.08 bits per heavy atom. The van der Waals surface area contributed by atoms with Crippen molar-refractivity contribution in [2.75, 3.05) is 13.7 Å². The number of carboxylic acids is 2. The highest BCUT2D eigenvalue weighted by Crippen LogP contribution is 2.41. The number of carbonyl (C=O) groups excluding carboxylic acids is 1. The van der Waals surface area contributed by atoms with Crippen molar-refractivity contribution < 1.29 is 29.3 Å². The molecule has 2 aromatic carbocycles. The molecule has 0 aliphatic heterocycles. The van der Waals surface area contributed by atoms with Crippen molar-refractivity contribution in [3.63, 3.8) is 0 Å². The predicted octanol–water partition coefficient (Wildman–Crippen LogP) is 1.38. The molecule has 0 radical (unpaired) electrons. The van der Waals surface area contributed by atoms with Crippen LogP contribution in [0.1, 0.15) is 16.7 Å². The molecule has 3 N–H and O–H groups in total. The van der Waals surface area contributed by atoms with Crippen LogP contribution in [-0.4, -0.2) is 41.8 Å². The Labute approximate surface area is 149 Å². The van der Waals surface area contributed by atoms with E-state index in [-0.39, 0.29) is 5.56 Å². The van der Waals surface area contributed by atoms with Gasteiger partial charge in [0, 0.05) is 0 Å². The largest absolute Gasteiger partial charge is 0.480 e. The molecule has 1 aliphatic carbocycles. The third kappa shape index (κ3) is 2.62. The first-order valence-electron chi connectivity index (χ1n) is 7.91. The summed E-state index contributed by atoms with van der Waals surface area (Å²) >= 11 is 0. The highest BCUT2D eigenvalue weighted by Gasteiger charge is 2.51. The lowest BCUT2D eigenvalue weighted by atomic mass is 9.84. The molecule has 0 fully saturated rings. The van der Waals surface area contributed by atoms with E-state index in [1.165, 1.54) is 6.07 Å². The lowest BCUT2D eigenvalue weighted by molar-refractivity contribution is -0.162. The molecule has 1 unspecified atom stereocenters. The summed E-state index contributed by atoms with van der Waals surface area (Å²) in [4.78, 5) is 35.7. The van der Waals surface area contributed by atoms with Gasteiger partial charge in [-0.2, -0.15) is 0 Å². The lowest BCUT2D eigenvalue weighted by Gasteiger charge is -2.29. The topological polar surface area (TPSA) is 113 Å². The van der Waals surface area contributed by atoms with Crippen LogP contribution in [0.4, 0.5) is 0 Å². The number of carbonyl (C=O) groups is 3. The smallest absolute Gasteiger partial charge is 0.342 e. The molecule has 0 heterocycles. The number of hydrogen-bond acceptors (Lipinski definition) is 5. The summed E-state index contributed by atoms with van der Waals surface area (Å²) in [5.41, 5.74) is 1.35. The molecular weight excluding hydrogens is 338 g/mol. The van der Waals surface area contributed by atoms with Crippen molar-refractivity contribution in [2.45, 2.75) is 12.0 Å². The Bertz CT molecular complexity index is 907. The van der Waals surface area contributed by atoms with Gasteiger partial charge in [0.25, 0.3) is 0 Å². The molecule has 0 aromatic heterocycles. The van der Waals surface area contributed by atoms with E-state index in [9.17, 15) is 19.5 Å². The fourth-order valence-electron chi connectivity index (χ4n) is 3.43. The summed E-state index contributed by atoms with van der Waals surface area (Å²) in [6.07, 6.45) is 0.447. The number of fused-ring (bicyclic) bond motifs is 3. The average molecular weight is 355 g/mol. The third-order valence-corrected chi connectivity index (χ3v) is 4.57. The van der Waals surface area contributed by atoms with E-state index in [0.717, 1.165) is 23.8 Å². The third-order valence-electron chi connectivity index (χ3n) is 4.57. The second kappa shape index (κ2) is 6.61. The summed E-state index contributed by atoms with van der Waals surface area (Å²) in [6, 6.07) is 12.7. The van der Waals surface area contributed by atoms with E-state index in [4.69, 9.17) is 9.84 Å². The molecule has 1 aliphatic rings. The number of ether oxygens (including phenoxy) is 1. The zero-order chi connectivity index (χ0) is 18.9.